The van der Waals surface area contributed by atoms with Gasteiger partial charge in [-0.05, 0) is 36.8 Å². The molecule has 0 amide bonds. The SMILES string of the molecule is Cc1ccc(C2=NC(Cc3ccc(F)cc3)C(=O)O2)cc1. The Morgan fingerprint density at radius 3 is 2.43 bits per heavy atom. The predicted molar refractivity (Wildman–Crippen MR) is 77.7 cm³/mol. The molecule has 2 aromatic carbocycles. The van der Waals surface area contributed by atoms with E-state index in [-0.39, 0.29) is 11.8 Å². The first-order valence-electron chi connectivity index (χ1n) is 6.73. The van der Waals surface area contributed by atoms with E-state index in [1.54, 1.807) is 12.1 Å². The van der Waals surface area contributed by atoms with E-state index in [9.17, 15) is 9.18 Å². The van der Waals surface area contributed by atoms with E-state index in [1.807, 2.05) is 31.2 Å². The molecule has 1 aliphatic rings. The van der Waals surface area contributed by atoms with Crippen LogP contribution in [0.1, 0.15) is 16.7 Å². The summed E-state index contributed by atoms with van der Waals surface area (Å²) in [5.74, 6) is -0.307. The maximum atomic E-state index is 12.9. The molecule has 0 fully saturated rings. The van der Waals surface area contributed by atoms with Crippen LogP contribution in [-0.4, -0.2) is 17.9 Å². The minimum atomic E-state index is -0.563. The second-order valence-electron chi connectivity index (χ2n) is 5.07. The van der Waals surface area contributed by atoms with Gasteiger partial charge in [-0.15, -0.1) is 0 Å². The van der Waals surface area contributed by atoms with Gasteiger partial charge in [0.25, 0.3) is 0 Å². The number of hydrogen-bond donors (Lipinski definition) is 0. The minimum absolute atomic E-state index is 0.295. The van der Waals surface area contributed by atoms with Crippen molar-refractivity contribution in [2.45, 2.75) is 19.4 Å². The summed E-state index contributed by atoms with van der Waals surface area (Å²) in [4.78, 5) is 16.2. The Balaban J connectivity index is 1.78. The number of hydrogen-bond acceptors (Lipinski definition) is 3. The van der Waals surface area contributed by atoms with E-state index in [2.05, 4.69) is 4.99 Å². The van der Waals surface area contributed by atoms with Gasteiger partial charge in [0.2, 0.25) is 5.90 Å². The molecular weight excluding hydrogens is 269 g/mol. The first kappa shape index (κ1) is 13.5. The third-order valence-corrected chi connectivity index (χ3v) is 3.38. The number of nitrogens with zero attached hydrogens (tertiary/aromatic N) is 1. The highest BCUT2D eigenvalue weighted by Crippen LogP contribution is 2.18. The third kappa shape index (κ3) is 2.99. The van der Waals surface area contributed by atoms with Gasteiger partial charge in [0.1, 0.15) is 5.82 Å². The first-order chi connectivity index (χ1) is 10.1. The molecule has 2 aromatic rings. The van der Waals surface area contributed by atoms with E-state index >= 15 is 0 Å². The van der Waals surface area contributed by atoms with Gasteiger partial charge in [0.15, 0.2) is 6.04 Å². The second-order valence-corrected chi connectivity index (χ2v) is 5.07. The van der Waals surface area contributed by atoms with Crippen LogP contribution < -0.4 is 0 Å². The monoisotopic (exact) mass is 283 g/mol. The smallest absolute Gasteiger partial charge is 0.338 e. The number of cyclic esters (lactones) is 1. The van der Waals surface area contributed by atoms with Gasteiger partial charge >= 0.3 is 5.97 Å². The van der Waals surface area contributed by atoms with E-state index in [1.165, 1.54) is 12.1 Å². The van der Waals surface area contributed by atoms with Crippen LogP contribution in [0.2, 0.25) is 0 Å². The number of ether oxygens (including phenoxy) is 1. The van der Waals surface area contributed by atoms with Crippen LogP contribution in [0.4, 0.5) is 4.39 Å². The molecule has 0 bridgehead atoms. The zero-order chi connectivity index (χ0) is 14.8. The van der Waals surface area contributed by atoms with Crippen LogP contribution in [0.15, 0.2) is 53.5 Å². The fraction of sp³-hybridized carbons (Fsp3) is 0.176. The molecular formula is C17H14FNO2. The molecule has 1 unspecified atom stereocenters. The predicted octanol–water partition coefficient (Wildman–Crippen LogP) is 3.05. The molecule has 0 N–H and O–H groups in total. The fourth-order valence-electron chi connectivity index (χ4n) is 2.19. The Kier molecular flexibility index (Phi) is 3.52. The topological polar surface area (TPSA) is 38.7 Å². The van der Waals surface area contributed by atoms with Crippen molar-refractivity contribution in [2.75, 3.05) is 0 Å². The van der Waals surface area contributed by atoms with Gasteiger partial charge in [-0.3, -0.25) is 0 Å². The molecule has 0 saturated heterocycles. The van der Waals surface area contributed by atoms with E-state index in [0.29, 0.717) is 12.3 Å². The van der Waals surface area contributed by atoms with Gasteiger partial charge in [-0.2, -0.15) is 0 Å². The van der Waals surface area contributed by atoms with E-state index < -0.39 is 6.04 Å². The number of esters is 1. The highest BCUT2D eigenvalue weighted by Gasteiger charge is 2.29. The number of aryl methyl sites for hydroxylation is 1. The molecule has 3 nitrogen and oxygen atoms in total. The van der Waals surface area contributed by atoms with Crippen molar-refractivity contribution < 1.29 is 13.9 Å². The number of carbonyl (C=O) groups excluding carboxylic acids is 1. The fourth-order valence-corrected chi connectivity index (χ4v) is 2.19. The molecule has 4 heteroatoms. The Labute approximate surface area is 122 Å². The van der Waals surface area contributed by atoms with Crippen LogP contribution in [-0.2, 0) is 16.0 Å². The standard InChI is InChI=1S/C17H14FNO2/c1-11-2-6-13(7-3-11)16-19-15(17(20)21-16)10-12-4-8-14(18)9-5-12/h2-9,15H,10H2,1H3. The van der Waals surface area contributed by atoms with Crippen molar-refractivity contribution in [1.82, 2.24) is 0 Å². The first-order valence-corrected chi connectivity index (χ1v) is 6.73. The number of benzene rings is 2. The highest BCUT2D eigenvalue weighted by atomic mass is 19.1. The van der Waals surface area contributed by atoms with Crippen LogP contribution in [0.5, 0.6) is 0 Å². The van der Waals surface area contributed by atoms with Crippen molar-refractivity contribution in [1.29, 1.82) is 0 Å². The van der Waals surface area contributed by atoms with Gasteiger partial charge in [0, 0.05) is 12.0 Å². The summed E-state index contributed by atoms with van der Waals surface area (Å²) in [5, 5.41) is 0. The quantitative estimate of drug-likeness (QED) is 0.812. The summed E-state index contributed by atoms with van der Waals surface area (Å²) in [6.45, 7) is 1.99. The lowest BCUT2D eigenvalue weighted by Gasteiger charge is -2.03. The van der Waals surface area contributed by atoms with Gasteiger partial charge < -0.3 is 4.74 Å². The molecule has 1 heterocycles. The summed E-state index contributed by atoms with van der Waals surface area (Å²) in [6.07, 6.45) is 0.411. The molecule has 106 valence electrons. The summed E-state index contributed by atoms with van der Waals surface area (Å²) in [6, 6.07) is 13.1. The summed E-state index contributed by atoms with van der Waals surface area (Å²) in [7, 11) is 0. The Morgan fingerprint density at radius 2 is 1.76 bits per heavy atom. The molecule has 0 aliphatic carbocycles. The summed E-state index contributed by atoms with van der Waals surface area (Å²) in [5.41, 5.74) is 2.77. The third-order valence-electron chi connectivity index (χ3n) is 3.38. The molecule has 0 radical (unpaired) electrons. The van der Waals surface area contributed by atoms with Crippen LogP contribution >= 0.6 is 0 Å². The number of carbonyl (C=O) groups is 1. The summed E-state index contributed by atoms with van der Waals surface area (Å²) >= 11 is 0. The Hall–Kier alpha value is -2.49. The van der Waals surface area contributed by atoms with Crippen LogP contribution in [0.25, 0.3) is 0 Å². The normalized spacial score (nSPS) is 17.5. The maximum absolute atomic E-state index is 12.9. The van der Waals surface area contributed by atoms with Crippen molar-refractivity contribution in [2.24, 2.45) is 4.99 Å². The average molecular weight is 283 g/mol. The van der Waals surface area contributed by atoms with Crippen LogP contribution in [0, 0.1) is 12.7 Å². The number of aliphatic imine (C=N–C) groups is 1. The largest absolute Gasteiger partial charge is 0.406 e. The minimum Gasteiger partial charge on any atom is -0.406 e. The highest BCUT2D eigenvalue weighted by molar-refractivity contribution is 6.06. The van der Waals surface area contributed by atoms with Gasteiger partial charge in [-0.25, -0.2) is 14.2 Å². The lowest BCUT2D eigenvalue weighted by molar-refractivity contribution is -0.134. The summed E-state index contributed by atoms with van der Waals surface area (Å²) < 4.78 is 18.1. The lowest BCUT2D eigenvalue weighted by atomic mass is 10.1. The number of rotatable bonds is 3. The van der Waals surface area contributed by atoms with Crippen molar-refractivity contribution in [3.63, 3.8) is 0 Å². The molecule has 0 spiro atoms. The average Bonchev–Trinajstić information content (AvgIpc) is 2.83. The van der Waals surface area contributed by atoms with E-state index in [0.717, 1.165) is 16.7 Å². The zero-order valence-corrected chi connectivity index (χ0v) is 11.5. The second kappa shape index (κ2) is 5.48. The Morgan fingerprint density at radius 1 is 1.10 bits per heavy atom. The van der Waals surface area contributed by atoms with Crippen molar-refractivity contribution in [3.8, 4) is 0 Å². The Bertz CT molecular complexity index is 690. The van der Waals surface area contributed by atoms with E-state index in [4.69, 9.17) is 4.74 Å². The maximum Gasteiger partial charge on any atom is 0.338 e. The van der Waals surface area contributed by atoms with Gasteiger partial charge in [-0.1, -0.05) is 29.8 Å². The lowest BCUT2D eigenvalue weighted by Crippen LogP contribution is -2.17. The molecule has 0 saturated carbocycles. The van der Waals surface area contributed by atoms with Crippen molar-refractivity contribution >= 4 is 11.9 Å². The zero-order valence-electron chi connectivity index (χ0n) is 11.5. The van der Waals surface area contributed by atoms with Crippen LogP contribution in [0.3, 0.4) is 0 Å². The molecule has 1 atom stereocenters. The van der Waals surface area contributed by atoms with Crippen molar-refractivity contribution in [3.05, 3.63) is 71.0 Å². The molecule has 0 aromatic heterocycles. The molecule has 1 aliphatic heterocycles. The van der Waals surface area contributed by atoms with Gasteiger partial charge in [0.05, 0.1) is 0 Å². The molecule has 3 rings (SSSR count). The molecule has 21 heavy (non-hydrogen) atoms. The number of halogens is 1.